The Balaban J connectivity index is 0.000000143. The van der Waals surface area contributed by atoms with Crippen LogP contribution in [0.25, 0.3) is 151 Å². The van der Waals surface area contributed by atoms with Crippen LogP contribution in [0.4, 0.5) is 0 Å². The summed E-state index contributed by atoms with van der Waals surface area (Å²) >= 11 is 0. The molecule has 20 rings (SSSR count). The second-order valence-corrected chi connectivity index (χ2v) is 25.4. The van der Waals surface area contributed by atoms with Crippen molar-refractivity contribution >= 4 is 49.3 Å². The standard InChI is InChI=1S/C51H32N4O.C39H27N4O/c1-4-12-33(13-5-1)35-20-22-38(23-21-35)50-52-49(37-16-8-3-9-17-37)53-51(54-50)39-26-29-41-42-30-31-45-47(48(42)56-46(41)32-39)43-18-10-11-19-44(43)55(45)40-27-24-36(25-28-40)34-14-6-2-7-15-34;1-4-11-25(12-5-1)37-40-38(26-13-6-2-7-14-26)42-39(41-37)28-19-20-30-31-21-18-27-23-33-32(35(27)36(31)44-34(30)24-28)17-10-22-43(33)29-15-8-3-9-16-29/h1-32H;1-22,24,31,36H,23H2/q;+1. The highest BCUT2D eigenvalue weighted by atomic mass is 16.5. The van der Waals surface area contributed by atoms with Crippen LogP contribution in [0.15, 0.2) is 344 Å². The highest BCUT2D eigenvalue weighted by molar-refractivity contribution is 6.24. The average molecular weight is 1280 g/mol. The summed E-state index contributed by atoms with van der Waals surface area (Å²) in [6.07, 6.45) is 7.61. The number of fused-ring (bicyclic) bond motifs is 13. The zero-order valence-corrected chi connectivity index (χ0v) is 54.0. The normalized spacial score (nSPS) is 14.2. The molecule has 0 N–H and O–H groups in total. The van der Waals surface area contributed by atoms with Crippen molar-refractivity contribution in [2.24, 2.45) is 0 Å². The van der Waals surface area contributed by atoms with Gasteiger partial charge in [0.1, 0.15) is 23.0 Å². The molecular formula is C90H59N8O2+. The van der Waals surface area contributed by atoms with Crippen LogP contribution in [-0.4, -0.2) is 40.6 Å². The number of ether oxygens (including phenoxy) is 1. The molecule has 3 aliphatic rings. The molecule has 0 fully saturated rings. The first-order chi connectivity index (χ1) is 49.5. The molecule has 0 amide bonds. The lowest BCUT2D eigenvalue weighted by atomic mass is 9.83. The summed E-state index contributed by atoms with van der Waals surface area (Å²) in [5.41, 5.74) is 22.8. The van der Waals surface area contributed by atoms with E-state index in [1.165, 1.54) is 50.3 Å². The highest BCUT2D eigenvalue weighted by Crippen LogP contribution is 2.51. The third kappa shape index (κ3) is 10.3. The lowest BCUT2D eigenvalue weighted by molar-refractivity contribution is -0.603. The minimum Gasteiger partial charge on any atom is -0.484 e. The molecule has 5 aromatic heterocycles. The number of aromatic nitrogens is 8. The topological polar surface area (TPSA) is 109 Å². The lowest BCUT2D eigenvalue weighted by Crippen LogP contribution is -2.35. The third-order valence-electron chi connectivity index (χ3n) is 19.5. The molecule has 10 nitrogen and oxygen atoms in total. The fourth-order valence-corrected chi connectivity index (χ4v) is 14.7. The van der Waals surface area contributed by atoms with Crippen molar-refractivity contribution in [3.05, 3.63) is 356 Å². The van der Waals surface area contributed by atoms with Crippen LogP contribution in [-0.2, 0) is 6.42 Å². The van der Waals surface area contributed by atoms with E-state index >= 15 is 0 Å². The van der Waals surface area contributed by atoms with Crippen molar-refractivity contribution < 1.29 is 13.7 Å². The molecule has 6 heterocycles. The Hall–Kier alpha value is -13.3. The van der Waals surface area contributed by atoms with Crippen molar-refractivity contribution in [3.63, 3.8) is 0 Å². The molecule has 2 atom stereocenters. The van der Waals surface area contributed by atoms with E-state index in [2.05, 4.69) is 240 Å². The first kappa shape index (κ1) is 58.1. The number of para-hydroxylation sites is 2. The zero-order chi connectivity index (χ0) is 66.0. The van der Waals surface area contributed by atoms with Gasteiger partial charge in [-0.15, -0.1) is 0 Å². The summed E-state index contributed by atoms with van der Waals surface area (Å²) in [6, 6.07) is 109. The molecule has 470 valence electrons. The summed E-state index contributed by atoms with van der Waals surface area (Å²) in [5, 5.41) is 4.35. The minimum absolute atomic E-state index is 0.0637. The summed E-state index contributed by atoms with van der Waals surface area (Å²) < 4.78 is 18.3. The van der Waals surface area contributed by atoms with Crippen LogP contribution in [0.1, 0.15) is 22.7 Å². The molecule has 0 bridgehead atoms. The maximum absolute atomic E-state index is 6.86. The predicted octanol–water partition coefficient (Wildman–Crippen LogP) is 20.8. The van der Waals surface area contributed by atoms with Crippen molar-refractivity contribution in [1.82, 2.24) is 34.5 Å². The summed E-state index contributed by atoms with van der Waals surface area (Å²) in [5.74, 6) is 4.80. The van der Waals surface area contributed by atoms with E-state index in [0.717, 1.165) is 101 Å². The largest absolute Gasteiger partial charge is 0.484 e. The number of nitrogens with zero attached hydrogens (tertiary/aromatic N) is 8. The summed E-state index contributed by atoms with van der Waals surface area (Å²) in [7, 11) is 0. The van der Waals surface area contributed by atoms with Gasteiger partial charge in [0.25, 0.3) is 0 Å². The molecule has 10 heteroatoms. The van der Waals surface area contributed by atoms with E-state index in [4.69, 9.17) is 39.1 Å². The molecule has 2 aliphatic carbocycles. The molecule has 12 aromatic carbocycles. The Morgan fingerprint density at radius 2 is 0.830 bits per heavy atom. The summed E-state index contributed by atoms with van der Waals surface area (Å²) in [4.78, 5) is 29.7. The Kier molecular flexibility index (Phi) is 14.2. The van der Waals surface area contributed by atoms with Crippen molar-refractivity contribution in [1.29, 1.82) is 0 Å². The number of hydrogen-bond acceptors (Lipinski definition) is 8. The first-order valence-corrected chi connectivity index (χ1v) is 33.8. The number of hydrogen-bond donors (Lipinski definition) is 0. The quantitative estimate of drug-likeness (QED) is 0.125. The molecule has 0 radical (unpaired) electrons. The van der Waals surface area contributed by atoms with Crippen molar-refractivity contribution in [2.45, 2.75) is 18.4 Å². The molecule has 17 aromatic rings. The van der Waals surface area contributed by atoms with Gasteiger partial charge >= 0.3 is 0 Å². The number of rotatable bonds is 10. The molecular weight excluding hydrogens is 1230 g/mol. The zero-order valence-electron chi connectivity index (χ0n) is 54.0. The number of furan rings is 1. The van der Waals surface area contributed by atoms with Gasteiger partial charge in [0, 0.05) is 96.0 Å². The van der Waals surface area contributed by atoms with Crippen molar-refractivity contribution in [3.8, 4) is 108 Å². The Labute approximate surface area is 576 Å². The fourth-order valence-electron chi connectivity index (χ4n) is 14.7. The Morgan fingerprint density at radius 1 is 0.370 bits per heavy atom. The Morgan fingerprint density at radius 3 is 1.42 bits per heavy atom. The summed E-state index contributed by atoms with van der Waals surface area (Å²) in [6.45, 7) is 0. The van der Waals surface area contributed by atoms with Gasteiger partial charge < -0.3 is 13.7 Å². The van der Waals surface area contributed by atoms with E-state index in [0.29, 0.717) is 34.9 Å². The monoisotopic (exact) mass is 1280 g/mol. The van der Waals surface area contributed by atoms with Gasteiger partial charge in [-0.2, -0.15) is 4.57 Å². The van der Waals surface area contributed by atoms with E-state index < -0.39 is 0 Å². The number of benzene rings is 12. The average Bonchev–Trinajstić information content (AvgIpc) is 1.57. The molecule has 0 spiro atoms. The van der Waals surface area contributed by atoms with Gasteiger partial charge in [-0.25, -0.2) is 29.9 Å². The maximum Gasteiger partial charge on any atom is 0.210 e. The van der Waals surface area contributed by atoms with E-state index in [1.54, 1.807) is 0 Å². The fraction of sp³-hybridized carbons (Fsp3) is 0.0333. The second-order valence-electron chi connectivity index (χ2n) is 25.4. The van der Waals surface area contributed by atoms with Gasteiger partial charge in [0.05, 0.1) is 22.8 Å². The van der Waals surface area contributed by atoms with Crippen LogP contribution in [0.3, 0.4) is 0 Å². The first-order valence-electron chi connectivity index (χ1n) is 33.8. The van der Waals surface area contributed by atoms with Crippen LogP contribution in [0.5, 0.6) is 5.75 Å². The number of allylic oxidation sites excluding steroid dienone is 2. The van der Waals surface area contributed by atoms with Crippen LogP contribution < -0.4 is 9.30 Å². The van der Waals surface area contributed by atoms with Crippen LogP contribution in [0.2, 0.25) is 0 Å². The lowest BCUT2D eigenvalue weighted by Gasteiger charge is -2.22. The van der Waals surface area contributed by atoms with E-state index in [1.807, 2.05) is 103 Å². The highest BCUT2D eigenvalue weighted by Gasteiger charge is 2.44. The smallest absolute Gasteiger partial charge is 0.210 e. The van der Waals surface area contributed by atoms with Gasteiger partial charge in [-0.05, 0) is 82.4 Å². The minimum atomic E-state index is -0.0637. The van der Waals surface area contributed by atoms with E-state index in [-0.39, 0.29) is 12.0 Å². The van der Waals surface area contributed by atoms with Crippen LogP contribution >= 0.6 is 0 Å². The third-order valence-corrected chi connectivity index (χ3v) is 19.5. The molecule has 1 aliphatic heterocycles. The van der Waals surface area contributed by atoms with E-state index in [9.17, 15) is 0 Å². The van der Waals surface area contributed by atoms with Gasteiger partial charge in [-0.3, -0.25) is 0 Å². The molecule has 0 saturated carbocycles. The SMILES string of the molecule is C1=CC2c3ccc(-c4nc(-c5ccccc5)nc(-c5ccccc5)n4)cc3OC2C2=C1Cc1c2ccc[n+]1-c1ccccc1.c1ccc(-c2ccc(-c3nc(-c4ccccc4)nc(-c4ccc5c(c4)oc4c5ccc5c4c4ccccc4n5-c4ccc(-c5ccccc5)cc4)n3)cc2)cc1. The predicted molar refractivity (Wildman–Crippen MR) is 400 cm³/mol. The van der Waals surface area contributed by atoms with Crippen LogP contribution in [0, 0.1) is 0 Å². The molecule has 2 unspecified atom stereocenters. The maximum atomic E-state index is 6.86. The van der Waals surface area contributed by atoms with Gasteiger partial charge in [-0.1, -0.05) is 255 Å². The molecule has 100 heavy (non-hydrogen) atoms. The van der Waals surface area contributed by atoms with Crippen molar-refractivity contribution in [2.75, 3.05) is 0 Å². The molecule has 0 saturated heterocycles. The van der Waals surface area contributed by atoms with Gasteiger partial charge in [0.2, 0.25) is 5.69 Å². The van der Waals surface area contributed by atoms with Gasteiger partial charge in [0.15, 0.2) is 46.8 Å². The number of pyridine rings is 1. The second kappa shape index (κ2) is 24.4. The Bertz CT molecular complexity index is 6000.